The summed E-state index contributed by atoms with van der Waals surface area (Å²) in [5.74, 6) is 0.766. The third-order valence-electron chi connectivity index (χ3n) is 5.32. The van der Waals surface area contributed by atoms with E-state index >= 15 is 0 Å². The van der Waals surface area contributed by atoms with Gasteiger partial charge in [0.25, 0.3) is 5.91 Å². The molecule has 1 unspecified atom stereocenters. The molecule has 2 rings (SSSR count). The second-order valence-corrected chi connectivity index (χ2v) is 8.23. The Morgan fingerprint density at radius 3 is 2.19 bits per heavy atom. The van der Waals surface area contributed by atoms with E-state index in [4.69, 9.17) is 4.74 Å². The fraction of sp³-hybridized carbons (Fsp3) is 0.462. The number of ether oxygens (including phenoxy) is 1. The van der Waals surface area contributed by atoms with Gasteiger partial charge in [-0.05, 0) is 48.9 Å². The number of aryl methyl sites for hydroxylation is 1. The van der Waals surface area contributed by atoms with Crippen molar-refractivity contribution in [2.24, 2.45) is 0 Å². The van der Waals surface area contributed by atoms with Crippen molar-refractivity contribution in [3.63, 3.8) is 0 Å². The van der Waals surface area contributed by atoms with Gasteiger partial charge in [0.05, 0.1) is 0 Å². The highest BCUT2D eigenvalue weighted by Gasteiger charge is 2.28. The lowest BCUT2D eigenvalue weighted by Gasteiger charge is -2.30. The van der Waals surface area contributed by atoms with Crippen molar-refractivity contribution in [3.05, 3.63) is 65.2 Å². The number of amides is 2. The first kappa shape index (κ1) is 24.4. The SMILES string of the molecule is CCCNC(=O)C(CC)N(Cc1ccc(C)cc1)C(=O)COc1ccc(C(C)C)cc1. The molecule has 2 aromatic rings. The maximum atomic E-state index is 13.2. The van der Waals surface area contributed by atoms with E-state index in [9.17, 15) is 9.59 Å². The molecule has 2 aromatic carbocycles. The molecule has 0 aromatic heterocycles. The second kappa shape index (κ2) is 12.1. The molecule has 168 valence electrons. The summed E-state index contributed by atoms with van der Waals surface area (Å²) < 4.78 is 5.77. The second-order valence-electron chi connectivity index (χ2n) is 8.23. The van der Waals surface area contributed by atoms with E-state index in [0.717, 1.165) is 17.5 Å². The van der Waals surface area contributed by atoms with E-state index in [1.807, 2.05) is 69.3 Å². The molecule has 1 N–H and O–H groups in total. The van der Waals surface area contributed by atoms with Crippen molar-refractivity contribution in [1.29, 1.82) is 0 Å². The third-order valence-corrected chi connectivity index (χ3v) is 5.32. The molecule has 5 heteroatoms. The molecule has 1 atom stereocenters. The van der Waals surface area contributed by atoms with Crippen LogP contribution in [0.1, 0.15) is 63.1 Å². The van der Waals surface area contributed by atoms with Gasteiger partial charge in [-0.25, -0.2) is 0 Å². The third kappa shape index (κ3) is 7.42. The number of nitrogens with zero attached hydrogens (tertiary/aromatic N) is 1. The van der Waals surface area contributed by atoms with E-state index < -0.39 is 6.04 Å². The predicted octanol–water partition coefficient (Wildman–Crippen LogP) is 4.83. The van der Waals surface area contributed by atoms with Crippen LogP contribution < -0.4 is 10.1 Å². The fourth-order valence-corrected chi connectivity index (χ4v) is 3.35. The maximum absolute atomic E-state index is 13.2. The van der Waals surface area contributed by atoms with Gasteiger partial charge in [-0.1, -0.05) is 69.7 Å². The molecule has 0 heterocycles. The van der Waals surface area contributed by atoms with E-state index in [1.165, 1.54) is 5.56 Å². The van der Waals surface area contributed by atoms with Crippen LogP contribution in [0, 0.1) is 6.92 Å². The molecule has 0 aliphatic rings. The van der Waals surface area contributed by atoms with Gasteiger partial charge in [0.2, 0.25) is 5.91 Å². The number of hydrogen-bond donors (Lipinski definition) is 1. The minimum Gasteiger partial charge on any atom is -0.484 e. The maximum Gasteiger partial charge on any atom is 0.261 e. The molecule has 31 heavy (non-hydrogen) atoms. The summed E-state index contributed by atoms with van der Waals surface area (Å²) in [5, 5.41) is 2.93. The fourth-order valence-electron chi connectivity index (χ4n) is 3.35. The summed E-state index contributed by atoms with van der Waals surface area (Å²) in [6.07, 6.45) is 1.39. The summed E-state index contributed by atoms with van der Waals surface area (Å²) in [6, 6.07) is 15.3. The monoisotopic (exact) mass is 424 g/mol. The van der Waals surface area contributed by atoms with E-state index in [-0.39, 0.29) is 18.4 Å². The largest absolute Gasteiger partial charge is 0.484 e. The first-order valence-corrected chi connectivity index (χ1v) is 11.2. The first-order chi connectivity index (χ1) is 14.8. The molecule has 0 saturated heterocycles. The lowest BCUT2D eigenvalue weighted by atomic mass is 10.0. The smallest absolute Gasteiger partial charge is 0.261 e. The molecule has 0 radical (unpaired) electrons. The zero-order chi connectivity index (χ0) is 22.8. The molecule has 0 aliphatic heterocycles. The Hall–Kier alpha value is -2.82. The minimum atomic E-state index is -0.535. The van der Waals surface area contributed by atoms with Crippen LogP contribution in [-0.2, 0) is 16.1 Å². The highest BCUT2D eigenvalue weighted by atomic mass is 16.5. The number of benzene rings is 2. The summed E-state index contributed by atoms with van der Waals surface area (Å²) in [5.41, 5.74) is 3.36. The Kier molecular flexibility index (Phi) is 9.57. The average molecular weight is 425 g/mol. The van der Waals surface area contributed by atoms with Crippen molar-refractivity contribution in [2.45, 2.75) is 66.0 Å². The Morgan fingerprint density at radius 2 is 1.65 bits per heavy atom. The van der Waals surface area contributed by atoms with E-state index in [0.29, 0.717) is 31.2 Å². The van der Waals surface area contributed by atoms with Crippen LogP contribution in [0.5, 0.6) is 5.75 Å². The highest BCUT2D eigenvalue weighted by Crippen LogP contribution is 2.19. The van der Waals surface area contributed by atoms with Crippen molar-refractivity contribution >= 4 is 11.8 Å². The van der Waals surface area contributed by atoms with Gasteiger partial charge in [-0.15, -0.1) is 0 Å². The summed E-state index contributed by atoms with van der Waals surface area (Å²) >= 11 is 0. The van der Waals surface area contributed by atoms with Crippen molar-refractivity contribution in [3.8, 4) is 5.75 Å². The lowest BCUT2D eigenvalue weighted by molar-refractivity contribution is -0.143. The summed E-state index contributed by atoms with van der Waals surface area (Å²) in [6.45, 7) is 11.1. The normalized spacial score (nSPS) is 11.8. The first-order valence-electron chi connectivity index (χ1n) is 11.2. The van der Waals surface area contributed by atoms with Crippen LogP contribution in [0.25, 0.3) is 0 Å². The molecule has 5 nitrogen and oxygen atoms in total. The average Bonchev–Trinajstić information content (AvgIpc) is 2.77. The van der Waals surface area contributed by atoms with Crippen LogP contribution in [0.15, 0.2) is 48.5 Å². The van der Waals surface area contributed by atoms with Gasteiger partial charge in [-0.3, -0.25) is 9.59 Å². The van der Waals surface area contributed by atoms with Gasteiger partial charge in [0.15, 0.2) is 6.61 Å². The molecule has 0 spiro atoms. The van der Waals surface area contributed by atoms with Gasteiger partial charge in [-0.2, -0.15) is 0 Å². The number of nitrogens with one attached hydrogen (secondary N) is 1. The Balaban J connectivity index is 2.15. The Bertz CT molecular complexity index is 829. The zero-order valence-corrected chi connectivity index (χ0v) is 19.5. The number of rotatable bonds is 11. The van der Waals surface area contributed by atoms with E-state index in [2.05, 4.69) is 19.2 Å². The molecular formula is C26H36N2O3. The molecular weight excluding hydrogens is 388 g/mol. The number of carbonyl (C=O) groups excluding carboxylic acids is 2. The summed E-state index contributed by atoms with van der Waals surface area (Å²) in [7, 11) is 0. The minimum absolute atomic E-state index is 0.107. The quantitative estimate of drug-likeness (QED) is 0.562. The number of hydrogen-bond acceptors (Lipinski definition) is 3. The van der Waals surface area contributed by atoms with Gasteiger partial charge in [0, 0.05) is 13.1 Å². The molecule has 2 amide bonds. The molecule has 0 fully saturated rings. The zero-order valence-electron chi connectivity index (χ0n) is 19.5. The topological polar surface area (TPSA) is 58.6 Å². The van der Waals surface area contributed by atoms with Crippen LogP contribution in [0.3, 0.4) is 0 Å². The highest BCUT2D eigenvalue weighted by molar-refractivity contribution is 5.88. The van der Waals surface area contributed by atoms with Crippen LogP contribution in [0.4, 0.5) is 0 Å². The van der Waals surface area contributed by atoms with Crippen molar-refractivity contribution < 1.29 is 14.3 Å². The van der Waals surface area contributed by atoms with Crippen molar-refractivity contribution in [2.75, 3.05) is 13.2 Å². The van der Waals surface area contributed by atoms with Crippen LogP contribution in [0.2, 0.25) is 0 Å². The lowest BCUT2D eigenvalue weighted by Crippen LogP contribution is -2.50. The van der Waals surface area contributed by atoms with Gasteiger partial charge < -0.3 is 15.0 Å². The van der Waals surface area contributed by atoms with Gasteiger partial charge >= 0.3 is 0 Å². The van der Waals surface area contributed by atoms with Crippen LogP contribution in [-0.4, -0.2) is 35.9 Å². The Morgan fingerprint density at radius 1 is 1.00 bits per heavy atom. The molecule has 0 saturated carbocycles. The molecule has 0 bridgehead atoms. The van der Waals surface area contributed by atoms with Crippen molar-refractivity contribution in [1.82, 2.24) is 10.2 Å². The standard InChI is InChI=1S/C26H36N2O3/c1-6-16-27-26(30)24(7-2)28(17-21-10-8-20(5)9-11-21)25(29)18-31-23-14-12-22(13-15-23)19(3)4/h8-15,19,24H,6-7,16-18H2,1-5H3,(H,27,30). The number of carbonyl (C=O) groups is 2. The van der Waals surface area contributed by atoms with Crippen LogP contribution >= 0.6 is 0 Å². The van der Waals surface area contributed by atoms with Gasteiger partial charge in [0.1, 0.15) is 11.8 Å². The Labute approximate surface area is 186 Å². The summed E-state index contributed by atoms with van der Waals surface area (Å²) in [4.78, 5) is 27.6. The van der Waals surface area contributed by atoms with E-state index in [1.54, 1.807) is 4.90 Å². The molecule has 0 aliphatic carbocycles. The predicted molar refractivity (Wildman–Crippen MR) is 125 cm³/mol.